The van der Waals surface area contributed by atoms with Crippen molar-refractivity contribution in [2.75, 3.05) is 0 Å². The van der Waals surface area contributed by atoms with Crippen molar-refractivity contribution >= 4 is 70.4 Å². The molecule has 1 spiro atoms. The van der Waals surface area contributed by atoms with Crippen molar-refractivity contribution in [3.05, 3.63) is 161 Å². The van der Waals surface area contributed by atoms with E-state index in [1.165, 1.54) is 84.9 Å². The Hall–Kier alpha value is -5.98. The highest BCUT2D eigenvalue weighted by Crippen LogP contribution is 2.59. The number of imide groups is 2. The number of halogens is 2. The van der Waals surface area contributed by atoms with Crippen LogP contribution in [0.15, 0.2) is 108 Å². The summed E-state index contributed by atoms with van der Waals surface area (Å²) in [7, 11) is 0. The van der Waals surface area contributed by atoms with E-state index < -0.39 is 50.7 Å². The molecule has 2 aliphatic rings. The van der Waals surface area contributed by atoms with Crippen LogP contribution in [0.4, 0.5) is 16.2 Å². The number of nitrogens with zero attached hydrogens (tertiary/aromatic N) is 2. The Labute approximate surface area is 287 Å². The molecular weight excluding hydrogens is 675 g/mol. The van der Waals surface area contributed by atoms with Gasteiger partial charge in [0.25, 0.3) is 11.4 Å². The Morgan fingerprint density at radius 2 is 0.918 bits per heavy atom. The molecule has 2 unspecified atom stereocenters. The zero-order valence-electron chi connectivity index (χ0n) is 25.0. The molecule has 1 aliphatic heterocycles. The average molecular weight is 697 g/mol. The van der Waals surface area contributed by atoms with Gasteiger partial charge in [-0.2, -0.15) is 0 Å². The number of rotatable bonds is 6. The first kappa shape index (κ1) is 32.9. The lowest BCUT2D eigenvalue weighted by Crippen LogP contribution is -2.68. The Morgan fingerprint density at radius 1 is 0.571 bits per heavy atom. The molecule has 2 atom stereocenters. The van der Waals surface area contributed by atoms with Crippen molar-refractivity contribution in [2.24, 2.45) is 5.41 Å². The molecular formula is C35H22Cl2N4O8. The van der Waals surface area contributed by atoms with Crippen molar-refractivity contribution in [3.8, 4) is 0 Å². The molecule has 4 aromatic carbocycles. The molecule has 1 saturated carbocycles. The van der Waals surface area contributed by atoms with Crippen LogP contribution in [0.5, 0.6) is 0 Å². The van der Waals surface area contributed by atoms with Gasteiger partial charge in [0.2, 0.25) is 11.8 Å². The molecule has 2 fully saturated rings. The number of nitro benzene ring substituents is 2. The van der Waals surface area contributed by atoms with Gasteiger partial charge in [0.1, 0.15) is 0 Å². The number of allylic oxidation sites excluding steroid dienone is 2. The molecule has 0 aromatic heterocycles. The Balaban J connectivity index is 1.71. The minimum atomic E-state index is -2.23. The smallest absolute Gasteiger partial charge is 0.289 e. The number of nitro groups is 2. The van der Waals surface area contributed by atoms with Gasteiger partial charge in [0, 0.05) is 57.3 Å². The first-order chi connectivity index (χ1) is 23.4. The van der Waals surface area contributed by atoms with Gasteiger partial charge in [-0.25, -0.2) is 4.79 Å². The quantitative estimate of drug-likeness (QED) is 0.0958. The zero-order valence-corrected chi connectivity index (χ0v) is 26.5. The third-order valence-electron chi connectivity index (χ3n) is 8.52. The summed E-state index contributed by atoms with van der Waals surface area (Å²) in [6.45, 7) is 0. The van der Waals surface area contributed by atoms with Crippen LogP contribution in [0.2, 0.25) is 10.0 Å². The summed E-state index contributed by atoms with van der Waals surface area (Å²) in [6, 6.07) is 22.0. The molecule has 244 valence electrons. The lowest BCUT2D eigenvalue weighted by Gasteiger charge is -2.50. The van der Waals surface area contributed by atoms with E-state index in [1.807, 2.05) is 0 Å². The average Bonchev–Trinajstić information content (AvgIpc) is 3.07. The van der Waals surface area contributed by atoms with Crippen molar-refractivity contribution in [1.29, 1.82) is 0 Å². The summed E-state index contributed by atoms with van der Waals surface area (Å²) in [5.41, 5.74) is -1.38. The Kier molecular flexibility index (Phi) is 8.68. The van der Waals surface area contributed by atoms with Gasteiger partial charge in [0.05, 0.1) is 9.85 Å². The van der Waals surface area contributed by atoms with Crippen LogP contribution >= 0.6 is 23.2 Å². The summed E-state index contributed by atoms with van der Waals surface area (Å²) in [6.07, 6.45) is 2.87. The highest BCUT2D eigenvalue weighted by atomic mass is 35.5. The summed E-state index contributed by atoms with van der Waals surface area (Å²) in [5.74, 6) is -5.25. The number of hydrogen-bond donors (Lipinski definition) is 2. The molecule has 1 heterocycles. The molecule has 4 aromatic rings. The molecule has 0 bridgehead atoms. The molecule has 1 saturated heterocycles. The van der Waals surface area contributed by atoms with Crippen molar-refractivity contribution in [3.63, 3.8) is 0 Å². The maximum absolute atomic E-state index is 15.0. The standard InChI is InChI=1S/C35H22Cl2N4O8/c36-23-9-5-21(6-10-23)29-27(17-19-1-13-25(14-2-19)40(46)47)31(42)28(18-20-3-15-26(16-4-20)41(48)49)30(22-7-11-24(37)12-8-22)35(29)32(43)38-34(45)39-33(35)44/h1-18,29-30H,(H2,38,39,43,44,45)/b27-17+,28-18+. The monoisotopic (exact) mass is 696 g/mol. The number of barbiturate groups is 1. The molecule has 12 nitrogen and oxygen atoms in total. The van der Waals surface area contributed by atoms with E-state index >= 15 is 0 Å². The summed E-state index contributed by atoms with van der Waals surface area (Å²) in [5, 5.41) is 27.8. The highest BCUT2D eigenvalue weighted by molar-refractivity contribution is 6.31. The minimum absolute atomic E-state index is 0.0470. The molecule has 49 heavy (non-hydrogen) atoms. The maximum Gasteiger partial charge on any atom is 0.328 e. The fraction of sp³-hybridized carbons (Fsp3) is 0.0857. The minimum Gasteiger partial charge on any atom is -0.289 e. The van der Waals surface area contributed by atoms with E-state index in [-0.39, 0.29) is 22.5 Å². The second kappa shape index (κ2) is 12.9. The van der Waals surface area contributed by atoms with Crippen LogP contribution < -0.4 is 10.6 Å². The number of benzene rings is 4. The highest BCUT2D eigenvalue weighted by Gasteiger charge is 2.66. The van der Waals surface area contributed by atoms with E-state index in [2.05, 4.69) is 10.6 Å². The number of hydrogen-bond acceptors (Lipinski definition) is 8. The van der Waals surface area contributed by atoms with Crippen LogP contribution in [0.25, 0.3) is 12.2 Å². The normalized spacial score (nSPS) is 20.3. The molecule has 14 heteroatoms. The van der Waals surface area contributed by atoms with Gasteiger partial charge >= 0.3 is 6.03 Å². The van der Waals surface area contributed by atoms with Gasteiger partial charge in [-0.05, 0) is 82.9 Å². The lowest BCUT2D eigenvalue weighted by molar-refractivity contribution is -0.385. The number of amides is 4. The number of Topliss-reactive ketones (excluding diaryl/α,β-unsaturated/α-hetero) is 1. The summed E-state index contributed by atoms with van der Waals surface area (Å²) >= 11 is 12.4. The van der Waals surface area contributed by atoms with Gasteiger partial charge < -0.3 is 0 Å². The van der Waals surface area contributed by atoms with E-state index in [9.17, 15) is 39.4 Å². The van der Waals surface area contributed by atoms with Gasteiger partial charge in [0.15, 0.2) is 11.2 Å². The Morgan fingerprint density at radius 3 is 1.24 bits per heavy atom. The first-order valence-electron chi connectivity index (χ1n) is 14.5. The predicted molar refractivity (Wildman–Crippen MR) is 180 cm³/mol. The van der Waals surface area contributed by atoms with E-state index in [1.54, 1.807) is 24.3 Å². The molecule has 1 aliphatic carbocycles. The van der Waals surface area contributed by atoms with Crippen LogP contribution in [0, 0.1) is 25.6 Å². The largest absolute Gasteiger partial charge is 0.328 e. The van der Waals surface area contributed by atoms with Gasteiger partial charge in [-0.3, -0.25) is 45.2 Å². The third-order valence-corrected chi connectivity index (χ3v) is 9.03. The lowest BCUT2D eigenvalue weighted by atomic mass is 9.51. The molecule has 2 N–H and O–H groups in total. The number of nitrogens with one attached hydrogen (secondary N) is 2. The van der Waals surface area contributed by atoms with E-state index in [4.69, 9.17) is 23.2 Å². The number of ketones is 1. The second-order valence-corrected chi connectivity index (χ2v) is 12.2. The maximum atomic E-state index is 15.0. The van der Waals surface area contributed by atoms with Crippen molar-refractivity contribution in [2.45, 2.75) is 11.8 Å². The van der Waals surface area contributed by atoms with Gasteiger partial charge in [-0.15, -0.1) is 0 Å². The SMILES string of the molecule is O=C1NC(=O)C2(C(=O)N1)C(c1ccc(Cl)cc1)/C(=C\c1ccc([N+](=O)[O-])cc1)C(=O)/C(=C/c1ccc([N+](=O)[O-])cc1)C2c1ccc(Cl)cc1. The van der Waals surface area contributed by atoms with Crippen LogP contribution in [-0.4, -0.2) is 33.5 Å². The molecule has 0 radical (unpaired) electrons. The van der Waals surface area contributed by atoms with Crippen LogP contribution in [0.3, 0.4) is 0 Å². The Bertz CT molecular complexity index is 1960. The molecule has 6 rings (SSSR count). The third kappa shape index (κ3) is 5.99. The number of non-ortho nitro benzene ring substituents is 2. The van der Waals surface area contributed by atoms with Gasteiger partial charge in [-0.1, -0.05) is 47.5 Å². The first-order valence-corrected chi connectivity index (χ1v) is 15.3. The van der Waals surface area contributed by atoms with Crippen molar-refractivity contribution < 1.29 is 29.0 Å². The topological polar surface area (TPSA) is 179 Å². The number of urea groups is 1. The van der Waals surface area contributed by atoms with E-state index in [0.29, 0.717) is 32.3 Å². The van der Waals surface area contributed by atoms with E-state index in [0.717, 1.165) is 0 Å². The predicted octanol–water partition coefficient (Wildman–Crippen LogP) is 6.78. The van der Waals surface area contributed by atoms with Crippen molar-refractivity contribution in [1.82, 2.24) is 10.6 Å². The van der Waals surface area contributed by atoms with Crippen LogP contribution in [0.1, 0.15) is 34.1 Å². The zero-order chi connectivity index (χ0) is 35.0. The van der Waals surface area contributed by atoms with Crippen LogP contribution in [-0.2, 0) is 14.4 Å². The molecule has 4 amide bonds. The number of carbonyl (C=O) groups excluding carboxylic acids is 4. The fourth-order valence-electron chi connectivity index (χ4n) is 6.39. The fourth-order valence-corrected chi connectivity index (χ4v) is 6.65. The summed E-state index contributed by atoms with van der Waals surface area (Å²) in [4.78, 5) is 78.0. The summed E-state index contributed by atoms with van der Waals surface area (Å²) < 4.78 is 0. The second-order valence-electron chi connectivity index (χ2n) is 11.3. The number of carbonyl (C=O) groups is 4.